The van der Waals surface area contributed by atoms with Crippen molar-refractivity contribution >= 4 is 5.91 Å². The maximum atomic E-state index is 13.1. The molecule has 0 bridgehead atoms. The second-order valence-electron chi connectivity index (χ2n) is 6.32. The van der Waals surface area contributed by atoms with E-state index in [0.29, 0.717) is 19.7 Å². The third-order valence-electron chi connectivity index (χ3n) is 4.25. The van der Waals surface area contributed by atoms with Gasteiger partial charge in [-0.2, -0.15) is 0 Å². The number of hydrogen-bond donors (Lipinski definition) is 0. The number of para-hydroxylation sites is 1. The lowest BCUT2D eigenvalue weighted by atomic mass is 9.99. The maximum Gasteiger partial charge on any atom is 0.234 e. The van der Waals surface area contributed by atoms with Gasteiger partial charge in [-0.05, 0) is 37.9 Å². The van der Waals surface area contributed by atoms with Crippen LogP contribution in [0.25, 0.3) is 0 Å². The molecule has 126 valence electrons. The van der Waals surface area contributed by atoms with E-state index in [9.17, 15) is 4.79 Å². The van der Waals surface area contributed by atoms with Gasteiger partial charge in [-0.25, -0.2) is 0 Å². The molecule has 1 aromatic carbocycles. The summed E-state index contributed by atoms with van der Waals surface area (Å²) in [5.41, 5.74) is 2.08. The molecule has 2 aromatic rings. The molecule has 0 saturated carbocycles. The van der Waals surface area contributed by atoms with Crippen molar-refractivity contribution in [1.82, 2.24) is 14.8 Å². The van der Waals surface area contributed by atoms with E-state index in [-0.39, 0.29) is 11.8 Å². The number of rotatable bonds is 6. The van der Waals surface area contributed by atoms with E-state index in [0.717, 1.165) is 23.4 Å². The molecule has 0 radical (unpaired) electrons. The molecule has 1 aliphatic heterocycles. The molecule has 0 saturated heterocycles. The van der Waals surface area contributed by atoms with Crippen LogP contribution >= 0.6 is 0 Å². The summed E-state index contributed by atoms with van der Waals surface area (Å²) in [6.07, 6.45) is 3.52. The van der Waals surface area contributed by atoms with Gasteiger partial charge in [0.25, 0.3) is 0 Å². The molecule has 0 fully saturated rings. The van der Waals surface area contributed by atoms with Crippen LogP contribution < -0.4 is 4.74 Å². The van der Waals surface area contributed by atoms with Gasteiger partial charge in [-0.15, -0.1) is 0 Å². The molecule has 0 aliphatic carbocycles. The number of pyridine rings is 1. The van der Waals surface area contributed by atoms with Gasteiger partial charge < -0.3 is 14.5 Å². The van der Waals surface area contributed by atoms with Gasteiger partial charge >= 0.3 is 0 Å². The van der Waals surface area contributed by atoms with E-state index in [1.165, 1.54) is 0 Å². The number of amides is 1. The Labute approximate surface area is 142 Å². The van der Waals surface area contributed by atoms with E-state index in [4.69, 9.17) is 4.74 Å². The third-order valence-corrected chi connectivity index (χ3v) is 4.25. The average Bonchev–Trinajstić information content (AvgIpc) is 3.03. The Hall–Kier alpha value is -2.40. The highest BCUT2D eigenvalue weighted by atomic mass is 16.5. The van der Waals surface area contributed by atoms with Crippen LogP contribution in [0.15, 0.2) is 48.8 Å². The summed E-state index contributed by atoms with van der Waals surface area (Å²) in [6.45, 7) is 2.53. The van der Waals surface area contributed by atoms with Gasteiger partial charge in [0.2, 0.25) is 5.91 Å². The minimum Gasteiger partial charge on any atom is -0.492 e. The number of benzene rings is 1. The van der Waals surface area contributed by atoms with E-state index >= 15 is 0 Å². The molecular weight excluding hydrogens is 302 g/mol. The Morgan fingerprint density at radius 3 is 2.67 bits per heavy atom. The second kappa shape index (κ2) is 7.45. The summed E-state index contributed by atoms with van der Waals surface area (Å²) in [6, 6.07) is 11.7. The van der Waals surface area contributed by atoms with Crippen LogP contribution in [0.1, 0.15) is 17.0 Å². The number of hydrogen-bond acceptors (Lipinski definition) is 4. The first kappa shape index (κ1) is 16.5. The van der Waals surface area contributed by atoms with Crippen LogP contribution in [0.4, 0.5) is 0 Å². The van der Waals surface area contributed by atoms with Crippen molar-refractivity contribution in [2.45, 2.75) is 12.5 Å². The normalized spacial score (nSPS) is 15.9. The molecule has 1 aliphatic rings. The average molecular weight is 325 g/mol. The highest BCUT2D eigenvalue weighted by molar-refractivity contribution is 5.85. The maximum absolute atomic E-state index is 13.1. The highest BCUT2D eigenvalue weighted by Gasteiger charge is 2.33. The van der Waals surface area contributed by atoms with Crippen LogP contribution in [-0.2, 0) is 11.3 Å². The summed E-state index contributed by atoms with van der Waals surface area (Å²) in [4.78, 5) is 21.2. The lowest BCUT2D eigenvalue weighted by Crippen LogP contribution is -2.39. The zero-order valence-corrected chi connectivity index (χ0v) is 14.2. The predicted molar refractivity (Wildman–Crippen MR) is 92.9 cm³/mol. The summed E-state index contributed by atoms with van der Waals surface area (Å²) in [5.74, 6) is 0.733. The SMILES string of the molecule is CN(C)CCN(Cc1ccncc1)C(=O)[C@@H]1COc2ccccc21. The van der Waals surface area contributed by atoms with E-state index in [1.54, 1.807) is 12.4 Å². The Bertz CT molecular complexity index is 688. The fourth-order valence-electron chi connectivity index (χ4n) is 2.88. The minimum absolute atomic E-state index is 0.124. The van der Waals surface area contributed by atoms with Crippen molar-refractivity contribution in [2.75, 3.05) is 33.8 Å². The Morgan fingerprint density at radius 2 is 1.92 bits per heavy atom. The Balaban J connectivity index is 1.78. The number of carbonyl (C=O) groups excluding carboxylic acids is 1. The van der Waals surface area contributed by atoms with Crippen LogP contribution in [0.5, 0.6) is 5.75 Å². The molecule has 5 nitrogen and oxygen atoms in total. The standard InChI is InChI=1S/C19H23N3O2/c1-21(2)11-12-22(13-15-7-9-20-10-8-15)19(23)17-14-24-18-6-4-3-5-16(17)18/h3-10,17H,11-14H2,1-2H3/t17-/m1/s1. The van der Waals surface area contributed by atoms with Gasteiger partial charge in [0.1, 0.15) is 18.3 Å². The van der Waals surface area contributed by atoms with Crippen molar-refractivity contribution in [3.05, 3.63) is 59.9 Å². The van der Waals surface area contributed by atoms with Gasteiger partial charge in [0.15, 0.2) is 0 Å². The number of carbonyl (C=O) groups is 1. The van der Waals surface area contributed by atoms with Crippen LogP contribution in [0.2, 0.25) is 0 Å². The van der Waals surface area contributed by atoms with Crippen molar-refractivity contribution < 1.29 is 9.53 Å². The number of nitrogens with zero attached hydrogens (tertiary/aromatic N) is 3. The minimum atomic E-state index is -0.217. The smallest absolute Gasteiger partial charge is 0.234 e. The van der Waals surface area contributed by atoms with E-state index in [1.807, 2.05) is 55.4 Å². The molecule has 5 heteroatoms. The Morgan fingerprint density at radius 1 is 1.17 bits per heavy atom. The predicted octanol–water partition coefficient (Wildman–Crippen LogP) is 2.15. The second-order valence-corrected chi connectivity index (χ2v) is 6.32. The lowest BCUT2D eigenvalue weighted by molar-refractivity contribution is -0.133. The van der Waals surface area contributed by atoms with Gasteiger partial charge in [0, 0.05) is 37.6 Å². The monoisotopic (exact) mass is 325 g/mol. The number of aromatic nitrogens is 1. The first-order chi connectivity index (χ1) is 11.6. The largest absolute Gasteiger partial charge is 0.492 e. The number of ether oxygens (including phenoxy) is 1. The molecule has 2 heterocycles. The zero-order chi connectivity index (χ0) is 16.9. The molecular formula is C19H23N3O2. The van der Waals surface area contributed by atoms with Gasteiger partial charge in [-0.3, -0.25) is 9.78 Å². The van der Waals surface area contributed by atoms with Crippen molar-refractivity contribution in [2.24, 2.45) is 0 Å². The highest BCUT2D eigenvalue weighted by Crippen LogP contribution is 2.34. The molecule has 1 atom stereocenters. The Kier molecular flexibility index (Phi) is 5.11. The fourth-order valence-corrected chi connectivity index (χ4v) is 2.88. The van der Waals surface area contributed by atoms with Crippen LogP contribution in [-0.4, -0.2) is 54.5 Å². The molecule has 1 aromatic heterocycles. The fraction of sp³-hybridized carbons (Fsp3) is 0.368. The first-order valence-electron chi connectivity index (χ1n) is 8.19. The van der Waals surface area contributed by atoms with Crippen LogP contribution in [0.3, 0.4) is 0 Å². The summed E-state index contributed by atoms with van der Waals surface area (Å²) >= 11 is 0. The van der Waals surface area contributed by atoms with Crippen molar-refractivity contribution in [3.63, 3.8) is 0 Å². The van der Waals surface area contributed by atoms with E-state index in [2.05, 4.69) is 9.88 Å². The molecule has 0 spiro atoms. The molecule has 3 rings (SSSR count). The lowest BCUT2D eigenvalue weighted by Gasteiger charge is -2.27. The van der Waals surface area contributed by atoms with Crippen molar-refractivity contribution in [1.29, 1.82) is 0 Å². The summed E-state index contributed by atoms with van der Waals surface area (Å²) < 4.78 is 5.69. The van der Waals surface area contributed by atoms with Gasteiger partial charge in [-0.1, -0.05) is 18.2 Å². The van der Waals surface area contributed by atoms with Gasteiger partial charge in [0.05, 0.1) is 0 Å². The molecule has 0 unspecified atom stereocenters. The molecule has 0 N–H and O–H groups in total. The number of likely N-dealkylation sites (N-methyl/N-ethyl adjacent to an activating group) is 1. The molecule has 24 heavy (non-hydrogen) atoms. The number of fused-ring (bicyclic) bond motifs is 1. The zero-order valence-electron chi connectivity index (χ0n) is 14.2. The first-order valence-corrected chi connectivity index (χ1v) is 8.19. The summed E-state index contributed by atoms with van der Waals surface area (Å²) in [7, 11) is 4.03. The topological polar surface area (TPSA) is 45.7 Å². The quantitative estimate of drug-likeness (QED) is 0.816. The van der Waals surface area contributed by atoms with Crippen LogP contribution in [0, 0.1) is 0 Å². The summed E-state index contributed by atoms with van der Waals surface area (Å²) in [5, 5.41) is 0. The van der Waals surface area contributed by atoms with Crippen molar-refractivity contribution in [3.8, 4) is 5.75 Å². The third kappa shape index (κ3) is 3.74. The molecule has 1 amide bonds. The van der Waals surface area contributed by atoms with E-state index < -0.39 is 0 Å².